The SMILES string of the molecule is CN(C)Cc1cccc(-c2nccn2C23CC4CC(CC(n5ncnn5)(C4)C2)C3)c1. The molecule has 0 aliphatic heterocycles. The lowest BCUT2D eigenvalue weighted by Crippen LogP contribution is -2.60. The summed E-state index contributed by atoms with van der Waals surface area (Å²) in [6.07, 6.45) is 13.0. The first kappa shape index (κ1) is 18.2. The molecule has 7 heteroatoms. The summed E-state index contributed by atoms with van der Waals surface area (Å²) in [5.74, 6) is 2.56. The maximum atomic E-state index is 4.85. The van der Waals surface area contributed by atoms with E-state index in [1.165, 1.54) is 43.2 Å². The van der Waals surface area contributed by atoms with Crippen molar-refractivity contribution in [3.63, 3.8) is 0 Å². The smallest absolute Gasteiger partial charge is 0.162 e. The molecule has 0 radical (unpaired) electrons. The molecule has 0 saturated heterocycles. The molecule has 7 rings (SSSR count). The molecule has 4 fully saturated rings. The van der Waals surface area contributed by atoms with E-state index in [0.29, 0.717) is 0 Å². The van der Waals surface area contributed by atoms with E-state index in [0.717, 1.165) is 30.6 Å². The molecule has 0 spiro atoms. The van der Waals surface area contributed by atoms with E-state index < -0.39 is 0 Å². The summed E-state index contributed by atoms with van der Waals surface area (Å²) < 4.78 is 2.50. The van der Waals surface area contributed by atoms with Crippen molar-refractivity contribution in [1.29, 1.82) is 0 Å². The molecule has 2 unspecified atom stereocenters. The number of nitrogens with zero attached hydrogens (tertiary/aromatic N) is 7. The second kappa shape index (κ2) is 6.48. The Labute approximate surface area is 177 Å². The Morgan fingerprint density at radius 1 is 1.10 bits per heavy atom. The van der Waals surface area contributed by atoms with E-state index in [4.69, 9.17) is 4.98 Å². The monoisotopic (exact) mass is 403 g/mol. The predicted octanol–water partition coefficient (Wildman–Crippen LogP) is 3.30. The zero-order valence-corrected chi connectivity index (χ0v) is 17.8. The van der Waals surface area contributed by atoms with Crippen molar-refractivity contribution in [2.75, 3.05) is 14.1 Å². The molecular weight excluding hydrogens is 374 g/mol. The highest BCUT2D eigenvalue weighted by atomic mass is 15.6. The molecule has 0 N–H and O–H groups in total. The van der Waals surface area contributed by atoms with Crippen molar-refractivity contribution >= 4 is 0 Å². The van der Waals surface area contributed by atoms with Crippen LogP contribution in [0.25, 0.3) is 11.4 Å². The van der Waals surface area contributed by atoms with Crippen LogP contribution in [0.4, 0.5) is 0 Å². The van der Waals surface area contributed by atoms with Gasteiger partial charge in [-0.05, 0) is 81.3 Å². The van der Waals surface area contributed by atoms with Gasteiger partial charge in [0.1, 0.15) is 5.82 Å². The second-order valence-electron chi connectivity index (χ2n) is 10.2. The Hall–Kier alpha value is -2.54. The molecule has 4 aliphatic rings. The number of hydrogen-bond acceptors (Lipinski definition) is 5. The number of aromatic nitrogens is 6. The molecule has 7 nitrogen and oxygen atoms in total. The van der Waals surface area contributed by atoms with Crippen molar-refractivity contribution in [2.45, 2.75) is 56.1 Å². The molecular formula is C23H29N7. The quantitative estimate of drug-likeness (QED) is 0.654. The number of imidazole rings is 1. The lowest BCUT2D eigenvalue weighted by Gasteiger charge is -2.61. The van der Waals surface area contributed by atoms with Crippen molar-refractivity contribution in [3.05, 3.63) is 48.5 Å². The fourth-order valence-electron chi connectivity index (χ4n) is 7.14. The molecule has 3 aromatic rings. The molecule has 4 saturated carbocycles. The van der Waals surface area contributed by atoms with E-state index in [1.54, 1.807) is 6.33 Å². The van der Waals surface area contributed by atoms with Crippen LogP contribution in [0, 0.1) is 11.8 Å². The van der Waals surface area contributed by atoms with Crippen LogP contribution in [0.2, 0.25) is 0 Å². The maximum absolute atomic E-state index is 4.85. The van der Waals surface area contributed by atoms with Gasteiger partial charge >= 0.3 is 0 Å². The van der Waals surface area contributed by atoms with Gasteiger partial charge in [0, 0.05) is 30.0 Å². The first-order valence-corrected chi connectivity index (χ1v) is 11.1. The van der Waals surface area contributed by atoms with Gasteiger partial charge in [0.15, 0.2) is 6.33 Å². The van der Waals surface area contributed by atoms with Crippen molar-refractivity contribution in [3.8, 4) is 11.4 Å². The predicted molar refractivity (Wildman–Crippen MR) is 114 cm³/mol. The summed E-state index contributed by atoms with van der Waals surface area (Å²) >= 11 is 0. The van der Waals surface area contributed by atoms with Crippen molar-refractivity contribution < 1.29 is 0 Å². The summed E-state index contributed by atoms with van der Waals surface area (Å²) in [5.41, 5.74) is 2.64. The van der Waals surface area contributed by atoms with Crippen LogP contribution >= 0.6 is 0 Å². The normalized spacial score (nSPS) is 32.2. The topological polar surface area (TPSA) is 64.7 Å². The Morgan fingerprint density at radius 3 is 2.63 bits per heavy atom. The molecule has 4 aliphatic carbocycles. The standard InChI is InChI=1S/C23H29N7/c1-28(2)14-17-4-3-5-20(9-17)21-24-6-7-29(21)22-10-18-8-19(11-22)13-23(12-18,15-22)30-26-16-25-27-30/h3-7,9,16,18-19H,8,10-15H2,1-2H3. The van der Waals surface area contributed by atoms with Crippen molar-refractivity contribution in [2.24, 2.45) is 11.8 Å². The Balaban J connectivity index is 1.42. The Bertz CT molecular complexity index is 1040. The van der Waals surface area contributed by atoms with Crippen LogP contribution in [-0.2, 0) is 17.6 Å². The highest BCUT2D eigenvalue weighted by Crippen LogP contribution is 2.63. The van der Waals surface area contributed by atoms with Gasteiger partial charge in [-0.1, -0.05) is 18.2 Å². The second-order valence-corrected chi connectivity index (χ2v) is 10.2. The van der Waals surface area contributed by atoms with Gasteiger partial charge in [0.2, 0.25) is 0 Å². The van der Waals surface area contributed by atoms with E-state index in [1.807, 2.05) is 11.0 Å². The minimum absolute atomic E-state index is 0.00882. The lowest BCUT2D eigenvalue weighted by atomic mass is 9.50. The van der Waals surface area contributed by atoms with Crippen LogP contribution < -0.4 is 0 Å². The minimum Gasteiger partial charge on any atom is -0.325 e. The summed E-state index contributed by atoms with van der Waals surface area (Å²) in [6.45, 7) is 0.935. The first-order chi connectivity index (χ1) is 14.6. The van der Waals surface area contributed by atoms with Crippen LogP contribution in [0.5, 0.6) is 0 Å². The fourth-order valence-corrected chi connectivity index (χ4v) is 7.14. The van der Waals surface area contributed by atoms with Crippen LogP contribution in [0.15, 0.2) is 43.0 Å². The Kier molecular flexibility index (Phi) is 3.94. The average Bonchev–Trinajstić information content (AvgIpc) is 3.40. The van der Waals surface area contributed by atoms with Gasteiger partial charge in [0.25, 0.3) is 0 Å². The molecule has 0 amide bonds. The van der Waals surface area contributed by atoms with E-state index in [2.05, 4.69) is 69.4 Å². The third-order valence-electron chi connectivity index (χ3n) is 7.61. The van der Waals surface area contributed by atoms with Crippen LogP contribution in [-0.4, -0.2) is 48.8 Å². The average molecular weight is 404 g/mol. The fraction of sp³-hybridized carbons (Fsp3) is 0.565. The van der Waals surface area contributed by atoms with Gasteiger partial charge in [-0.2, -0.15) is 4.80 Å². The number of hydrogen-bond donors (Lipinski definition) is 0. The van der Waals surface area contributed by atoms with Crippen LogP contribution in [0.1, 0.15) is 44.1 Å². The summed E-state index contributed by atoms with van der Waals surface area (Å²) in [7, 11) is 4.22. The third-order valence-corrected chi connectivity index (χ3v) is 7.61. The van der Waals surface area contributed by atoms with Crippen molar-refractivity contribution in [1.82, 2.24) is 34.7 Å². The number of tetrazole rings is 1. The van der Waals surface area contributed by atoms with E-state index in [9.17, 15) is 0 Å². The summed E-state index contributed by atoms with van der Waals surface area (Å²) in [6, 6.07) is 8.86. The molecule has 2 atom stereocenters. The largest absolute Gasteiger partial charge is 0.325 e. The maximum Gasteiger partial charge on any atom is 0.162 e. The highest BCUT2D eigenvalue weighted by molar-refractivity contribution is 5.57. The number of benzene rings is 1. The van der Waals surface area contributed by atoms with Gasteiger partial charge < -0.3 is 9.47 Å². The molecule has 156 valence electrons. The van der Waals surface area contributed by atoms with E-state index in [-0.39, 0.29) is 11.1 Å². The minimum atomic E-state index is 0.00882. The summed E-state index contributed by atoms with van der Waals surface area (Å²) in [5, 5.41) is 12.9. The van der Waals surface area contributed by atoms with Crippen LogP contribution in [0.3, 0.4) is 0 Å². The summed E-state index contributed by atoms with van der Waals surface area (Å²) in [4.78, 5) is 8.99. The molecule has 2 aromatic heterocycles. The lowest BCUT2D eigenvalue weighted by molar-refractivity contribution is -0.103. The molecule has 4 bridgehead atoms. The van der Waals surface area contributed by atoms with E-state index >= 15 is 0 Å². The zero-order chi connectivity index (χ0) is 20.3. The van der Waals surface area contributed by atoms with Gasteiger partial charge in [-0.15, -0.1) is 10.2 Å². The third kappa shape index (κ3) is 2.75. The Morgan fingerprint density at radius 2 is 1.90 bits per heavy atom. The molecule has 30 heavy (non-hydrogen) atoms. The van der Waals surface area contributed by atoms with Gasteiger partial charge in [-0.25, -0.2) is 4.98 Å². The molecule has 2 heterocycles. The highest BCUT2D eigenvalue weighted by Gasteiger charge is 2.60. The molecule has 1 aromatic carbocycles. The first-order valence-electron chi connectivity index (χ1n) is 11.1. The number of rotatable bonds is 5. The zero-order valence-electron chi connectivity index (χ0n) is 17.8. The van der Waals surface area contributed by atoms with Gasteiger partial charge in [0.05, 0.1) is 5.54 Å². The van der Waals surface area contributed by atoms with Gasteiger partial charge in [-0.3, -0.25) is 0 Å².